The van der Waals surface area contributed by atoms with Crippen LogP contribution >= 0.6 is 0 Å². The smallest absolute Gasteiger partial charge is 0.343 e. The zero-order valence-corrected chi connectivity index (χ0v) is 23.0. The number of hydrogen-bond acceptors (Lipinski definition) is 4. The van der Waals surface area contributed by atoms with Gasteiger partial charge in [0, 0.05) is 0 Å². The van der Waals surface area contributed by atoms with Crippen LogP contribution in [-0.2, 0) is 0 Å². The molecule has 0 N–H and O–H groups in total. The first-order chi connectivity index (χ1) is 18.6. The van der Waals surface area contributed by atoms with Crippen molar-refractivity contribution in [2.75, 3.05) is 13.2 Å². The van der Waals surface area contributed by atoms with E-state index in [-0.39, 0.29) is 5.97 Å². The lowest BCUT2D eigenvalue weighted by molar-refractivity contribution is 0.0734. The first-order valence-electron chi connectivity index (χ1n) is 14.0. The van der Waals surface area contributed by atoms with Crippen molar-refractivity contribution in [3.05, 3.63) is 91.0 Å². The summed E-state index contributed by atoms with van der Waals surface area (Å²) < 4.78 is 17.2. The summed E-state index contributed by atoms with van der Waals surface area (Å²) in [5, 5.41) is 0. The summed E-state index contributed by atoms with van der Waals surface area (Å²) in [7, 11) is 0. The third-order valence-electron chi connectivity index (χ3n) is 6.72. The molecule has 38 heavy (non-hydrogen) atoms. The van der Waals surface area contributed by atoms with Crippen LogP contribution in [0, 0.1) is 5.92 Å². The predicted octanol–water partition coefficient (Wildman–Crippen LogP) is 9.29. The van der Waals surface area contributed by atoms with Crippen molar-refractivity contribution in [3.8, 4) is 28.4 Å². The summed E-state index contributed by atoms with van der Waals surface area (Å²) in [6.45, 7) is 9.67. The fourth-order valence-electron chi connectivity index (χ4n) is 4.07. The highest BCUT2D eigenvalue weighted by Gasteiger charge is 2.10. The van der Waals surface area contributed by atoms with Gasteiger partial charge < -0.3 is 14.2 Å². The van der Waals surface area contributed by atoms with E-state index in [0.717, 1.165) is 54.4 Å². The maximum atomic E-state index is 12.6. The standard InChI is InChI=1S/C34H42O4/c1-4-6-7-8-9-10-25-36-31-19-17-29(18-20-31)28-13-15-30(16-14-28)34(35)38-33-23-21-32(22-24-33)37-26-11-12-27(3)5-2/h4,13-24,27H,1,5-12,25-26H2,2-3H3. The lowest BCUT2D eigenvalue weighted by atomic mass is 10.0. The maximum Gasteiger partial charge on any atom is 0.343 e. The third-order valence-corrected chi connectivity index (χ3v) is 6.72. The number of hydrogen-bond donors (Lipinski definition) is 0. The average molecular weight is 515 g/mol. The Kier molecular flexibility index (Phi) is 12.5. The fraction of sp³-hybridized carbons (Fsp3) is 0.382. The minimum absolute atomic E-state index is 0.382. The lowest BCUT2D eigenvalue weighted by Crippen LogP contribution is -2.08. The molecule has 0 heterocycles. The molecule has 0 saturated heterocycles. The van der Waals surface area contributed by atoms with E-state index in [1.807, 2.05) is 54.6 Å². The molecular weight excluding hydrogens is 472 g/mol. The van der Waals surface area contributed by atoms with Crippen molar-refractivity contribution in [2.24, 2.45) is 5.92 Å². The highest BCUT2D eigenvalue weighted by atomic mass is 16.5. The van der Waals surface area contributed by atoms with Crippen LogP contribution in [0.3, 0.4) is 0 Å². The Bertz CT molecular complexity index is 1080. The molecule has 0 aliphatic carbocycles. The van der Waals surface area contributed by atoms with E-state index in [4.69, 9.17) is 14.2 Å². The summed E-state index contributed by atoms with van der Waals surface area (Å²) in [5.41, 5.74) is 2.61. The van der Waals surface area contributed by atoms with Crippen molar-refractivity contribution in [1.29, 1.82) is 0 Å². The van der Waals surface area contributed by atoms with Gasteiger partial charge in [0.25, 0.3) is 0 Å². The molecular formula is C34H42O4. The van der Waals surface area contributed by atoms with Gasteiger partial charge in [0.1, 0.15) is 17.2 Å². The van der Waals surface area contributed by atoms with Crippen molar-refractivity contribution in [3.63, 3.8) is 0 Å². The average Bonchev–Trinajstić information content (AvgIpc) is 2.96. The van der Waals surface area contributed by atoms with Gasteiger partial charge >= 0.3 is 5.97 Å². The van der Waals surface area contributed by atoms with Crippen LogP contribution in [-0.4, -0.2) is 19.2 Å². The molecule has 3 aromatic carbocycles. The second-order valence-corrected chi connectivity index (χ2v) is 9.81. The predicted molar refractivity (Wildman–Crippen MR) is 156 cm³/mol. The van der Waals surface area contributed by atoms with Crippen molar-refractivity contribution in [2.45, 2.75) is 65.2 Å². The van der Waals surface area contributed by atoms with Crippen LogP contribution in [0.4, 0.5) is 0 Å². The van der Waals surface area contributed by atoms with E-state index >= 15 is 0 Å². The monoisotopic (exact) mass is 514 g/mol. The molecule has 3 aromatic rings. The number of benzene rings is 3. The van der Waals surface area contributed by atoms with Crippen LogP contribution in [0.5, 0.6) is 17.2 Å². The Balaban J connectivity index is 1.43. The Hall–Kier alpha value is -3.53. The maximum absolute atomic E-state index is 12.6. The molecule has 202 valence electrons. The summed E-state index contributed by atoms with van der Waals surface area (Å²) in [4.78, 5) is 12.6. The van der Waals surface area contributed by atoms with Crippen molar-refractivity contribution >= 4 is 5.97 Å². The van der Waals surface area contributed by atoms with E-state index in [1.165, 1.54) is 32.1 Å². The van der Waals surface area contributed by atoms with Crippen LogP contribution < -0.4 is 14.2 Å². The molecule has 0 aromatic heterocycles. The Morgan fingerprint density at radius 1 is 0.737 bits per heavy atom. The van der Waals surface area contributed by atoms with Crippen LogP contribution in [0.15, 0.2) is 85.5 Å². The van der Waals surface area contributed by atoms with Crippen molar-refractivity contribution in [1.82, 2.24) is 0 Å². The Morgan fingerprint density at radius 2 is 1.26 bits per heavy atom. The molecule has 1 atom stereocenters. The number of ether oxygens (including phenoxy) is 3. The third kappa shape index (κ3) is 10.1. The first kappa shape index (κ1) is 29.0. The number of carbonyl (C=O) groups is 1. The Labute approximate surface area is 228 Å². The molecule has 0 bridgehead atoms. The van der Waals surface area contributed by atoms with E-state index in [1.54, 1.807) is 24.3 Å². The molecule has 0 spiro atoms. The van der Waals surface area contributed by atoms with Gasteiger partial charge in [-0.05, 0) is 97.7 Å². The molecule has 4 nitrogen and oxygen atoms in total. The highest BCUT2D eigenvalue weighted by Crippen LogP contribution is 2.24. The highest BCUT2D eigenvalue weighted by molar-refractivity contribution is 5.91. The summed E-state index contributed by atoms with van der Waals surface area (Å²) >= 11 is 0. The van der Waals surface area contributed by atoms with E-state index < -0.39 is 0 Å². The van der Waals surface area contributed by atoms with Gasteiger partial charge in [-0.2, -0.15) is 0 Å². The number of carbonyl (C=O) groups excluding carboxylic acids is 1. The van der Waals surface area contributed by atoms with Gasteiger partial charge in [0.15, 0.2) is 0 Å². The van der Waals surface area contributed by atoms with Crippen molar-refractivity contribution < 1.29 is 19.0 Å². The zero-order chi connectivity index (χ0) is 27.0. The van der Waals surface area contributed by atoms with E-state index in [9.17, 15) is 4.79 Å². The second kappa shape index (κ2) is 16.3. The van der Waals surface area contributed by atoms with E-state index in [2.05, 4.69) is 20.4 Å². The van der Waals surface area contributed by atoms with Gasteiger partial charge in [-0.25, -0.2) is 4.79 Å². The van der Waals surface area contributed by atoms with Gasteiger partial charge in [0.2, 0.25) is 0 Å². The topological polar surface area (TPSA) is 44.8 Å². The molecule has 3 rings (SSSR count). The number of esters is 1. The first-order valence-corrected chi connectivity index (χ1v) is 14.0. The Morgan fingerprint density at radius 3 is 1.87 bits per heavy atom. The van der Waals surface area contributed by atoms with Crippen LogP contribution in [0.1, 0.15) is 75.6 Å². The molecule has 0 aliphatic rings. The minimum atomic E-state index is -0.382. The fourth-order valence-corrected chi connectivity index (χ4v) is 4.07. The second-order valence-electron chi connectivity index (χ2n) is 9.81. The number of rotatable bonds is 17. The molecule has 1 unspecified atom stereocenters. The quantitative estimate of drug-likeness (QED) is 0.0779. The van der Waals surface area contributed by atoms with Gasteiger partial charge in [0.05, 0.1) is 18.8 Å². The van der Waals surface area contributed by atoms with Gasteiger partial charge in [-0.1, -0.05) is 63.5 Å². The number of unbranched alkanes of at least 4 members (excludes halogenated alkanes) is 4. The van der Waals surface area contributed by atoms with E-state index in [0.29, 0.717) is 17.9 Å². The van der Waals surface area contributed by atoms with Gasteiger partial charge in [-0.15, -0.1) is 6.58 Å². The summed E-state index contributed by atoms with van der Waals surface area (Å²) in [6, 6.07) is 22.7. The molecule has 0 amide bonds. The molecule has 4 heteroatoms. The zero-order valence-electron chi connectivity index (χ0n) is 23.0. The minimum Gasteiger partial charge on any atom is -0.494 e. The number of allylic oxidation sites excluding steroid dienone is 1. The van der Waals surface area contributed by atoms with Gasteiger partial charge in [-0.3, -0.25) is 0 Å². The lowest BCUT2D eigenvalue weighted by Gasteiger charge is -2.10. The molecule has 0 aliphatic heterocycles. The molecule has 0 fully saturated rings. The normalized spacial score (nSPS) is 11.5. The largest absolute Gasteiger partial charge is 0.494 e. The molecule has 0 saturated carbocycles. The molecule has 0 radical (unpaired) electrons. The van der Waals surface area contributed by atoms with Crippen LogP contribution in [0.2, 0.25) is 0 Å². The summed E-state index contributed by atoms with van der Waals surface area (Å²) in [5.74, 6) is 2.51. The van der Waals surface area contributed by atoms with Crippen LogP contribution in [0.25, 0.3) is 11.1 Å². The summed E-state index contributed by atoms with van der Waals surface area (Å²) in [6.07, 6.45) is 11.1. The SMILES string of the molecule is C=CCCCCCCOc1ccc(-c2ccc(C(=O)Oc3ccc(OCCCC(C)CC)cc3)cc2)cc1.